The molecule has 2 N–H and O–H groups in total. The Morgan fingerprint density at radius 1 is 1.25 bits per heavy atom. The van der Waals surface area contributed by atoms with E-state index in [2.05, 4.69) is 10.6 Å². The van der Waals surface area contributed by atoms with Crippen LogP contribution in [0.3, 0.4) is 0 Å². The molecule has 4 nitrogen and oxygen atoms in total. The van der Waals surface area contributed by atoms with E-state index in [9.17, 15) is 4.79 Å². The fraction of sp³-hybridized carbons (Fsp3) is 0.917. The number of hydrogen-bond acceptors (Lipinski definition) is 4. The monoisotopic (exact) mass is 230 g/mol. The van der Waals surface area contributed by atoms with Crippen LogP contribution in [-0.4, -0.2) is 37.2 Å². The Morgan fingerprint density at radius 3 is 2.38 bits per heavy atom. The molecule has 2 saturated heterocycles. The zero-order valence-electron chi connectivity index (χ0n) is 11.2. The molecule has 0 aromatic heterocycles. The van der Waals surface area contributed by atoms with E-state index in [0.717, 1.165) is 19.5 Å². The van der Waals surface area contributed by atoms with E-state index in [4.69, 9.17) is 4.74 Å². The molecule has 96 valence electrons. The molecule has 0 aliphatic carbocycles. The summed E-state index contributed by atoms with van der Waals surface area (Å²) in [5.74, 6) is 0.0735. The van der Waals surface area contributed by atoms with Crippen LogP contribution in [-0.2, 0) is 9.53 Å². The van der Waals surface area contributed by atoms with Gasteiger partial charge in [-0.15, -0.1) is 0 Å². The lowest BCUT2D eigenvalue weighted by Gasteiger charge is -2.23. The molecule has 0 saturated carbocycles. The van der Waals surface area contributed by atoms with Crippen molar-refractivity contribution < 1.29 is 9.53 Å². The number of Topliss-reactive ketones (excluding diaryl/α,β-unsaturated/α-hetero) is 1. The minimum Gasteiger partial charge on any atom is -0.350 e. The van der Waals surface area contributed by atoms with Gasteiger partial charge in [0, 0.05) is 12.6 Å². The zero-order chi connectivity index (χ0) is 12.6. The van der Waals surface area contributed by atoms with Gasteiger partial charge in [-0.3, -0.25) is 10.1 Å². The predicted molar refractivity (Wildman–Crippen MR) is 66.4 cm³/mol. The highest BCUT2D eigenvalue weighted by molar-refractivity contribution is 5.80. The first-order valence-electron chi connectivity index (χ1n) is 6.40. The van der Waals surface area contributed by atoms with Crippen molar-refractivity contribution in [2.75, 3.05) is 13.1 Å². The minimum absolute atomic E-state index is 0.0735. The Kier molecular flexibility index (Phi) is 8.43. The highest BCUT2D eigenvalue weighted by Gasteiger charge is 2.37. The largest absolute Gasteiger partial charge is 0.350 e. The molecule has 0 amide bonds. The van der Waals surface area contributed by atoms with Crippen molar-refractivity contribution in [3.05, 3.63) is 0 Å². The molecule has 4 heteroatoms. The van der Waals surface area contributed by atoms with Crippen LogP contribution < -0.4 is 10.6 Å². The standard InChI is InChI=1S/C8H14N2O2.2C2H6/c1-5(11)8-10-6-2-3-9-4-7(6)12-8;2*1-2/h6-10H,2-4H2,1H3;2*1-2H3. The van der Waals surface area contributed by atoms with Crippen LogP contribution in [0.2, 0.25) is 0 Å². The van der Waals surface area contributed by atoms with Gasteiger partial charge in [-0.25, -0.2) is 0 Å². The molecule has 2 fully saturated rings. The fourth-order valence-electron chi connectivity index (χ4n) is 1.79. The number of hydrogen-bond donors (Lipinski definition) is 2. The number of nitrogens with one attached hydrogen (secondary N) is 2. The quantitative estimate of drug-likeness (QED) is 0.713. The van der Waals surface area contributed by atoms with E-state index in [0.29, 0.717) is 6.04 Å². The molecule has 2 aliphatic heterocycles. The molecule has 2 rings (SSSR count). The maximum Gasteiger partial charge on any atom is 0.173 e. The van der Waals surface area contributed by atoms with Crippen LogP contribution in [0, 0.1) is 0 Å². The first-order valence-corrected chi connectivity index (χ1v) is 6.40. The van der Waals surface area contributed by atoms with Crippen molar-refractivity contribution in [1.29, 1.82) is 0 Å². The van der Waals surface area contributed by atoms with Crippen molar-refractivity contribution in [1.82, 2.24) is 10.6 Å². The van der Waals surface area contributed by atoms with E-state index >= 15 is 0 Å². The van der Waals surface area contributed by atoms with Gasteiger partial charge in [0.15, 0.2) is 12.0 Å². The number of rotatable bonds is 1. The summed E-state index contributed by atoms with van der Waals surface area (Å²) < 4.78 is 5.50. The minimum atomic E-state index is -0.361. The molecule has 2 aliphatic rings. The highest BCUT2D eigenvalue weighted by atomic mass is 16.5. The SMILES string of the molecule is CC.CC.CC(=O)C1NC2CCNCC2O1. The van der Waals surface area contributed by atoms with Gasteiger partial charge in [0.2, 0.25) is 0 Å². The van der Waals surface area contributed by atoms with E-state index in [1.165, 1.54) is 0 Å². The lowest BCUT2D eigenvalue weighted by Crippen LogP contribution is -2.46. The van der Waals surface area contributed by atoms with Gasteiger partial charge in [0.1, 0.15) is 0 Å². The molecule has 0 aromatic rings. The molecule has 0 aromatic carbocycles. The summed E-state index contributed by atoms with van der Waals surface area (Å²) >= 11 is 0. The van der Waals surface area contributed by atoms with Crippen LogP contribution in [0.4, 0.5) is 0 Å². The zero-order valence-corrected chi connectivity index (χ0v) is 11.2. The Bertz CT molecular complexity index is 183. The van der Waals surface area contributed by atoms with Crippen LogP contribution >= 0.6 is 0 Å². The summed E-state index contributed by atoms with van der Waals surface area (Å²) in [6.07, 6.45) is 0.876. The maximum absolute atomic E-state index is 11.0. The van der Waals surface area contributed by atoms with Crippen molar-refractivity contribution in [3.63, 3.8) is 0 Å². The van der Waals surface area contributed by atoms with Gasteiger partial charge in [0.25, 0.3) is 0 Å². The van der Waals surface area contributed by atoms with Crippen LogP contribution in [0.15, 0.2) is 0 Å². The van der Waals surface area contributed by atoms with E-state index in [-0.39, 0.29) is 18.1 Å². The average Bonchev–Trinajstić information content (AvgIpc) is 2.78. The summed E-state index contributed by atoms with van der Waals surface area (Å²) in [5, 5.41) is 6.42. The second kappa shape index (κ2) is 8.67. The van der Waals surface area contributed by atoms with E-state index in [1.807, 2.05) is 27.7 Å². The number of ether oxygens (including phenoxy) is 1. The summed E-state index contributed by atoms with van der Waals surface area (Å²) in [7, 11) is 0. The first-order chi connectivity index (χ1) is 7.77. The molecule has 0 radical (unpaired) electrons. The Morgan fingerprint density at radius 2 is 1.88 bits per heavy atom. The molecular formula is C12H26N2O2. The molecule has 3 atom stereocenters. The van der Waals surface area contributed by atoms with Gasteiger partial charge in [-0.1, -0.05) is 27.7 Å². The third kappa shape index (κ3) is 4.20. The molecule has 0 bridgehead atoms. The van der Waals surface area contributed by atoms with Gasteiger partial charge >= 0.3 is 0 Å². The molecule has 2 heterocycles. The smallest absolute Gasteiger partial charge is 0.173 e. The van der Waals surface area contributed by atoms with E-state index in [1.54, 1.807) is 6.92 Å². The summed E-state index contributed by atoms with van der Waals surface area (Å²) in [4.78, 5) is 11.0. The third-order valence-electron chi connectivity index (χ3n) is 2.47. The van der Waals surface area contributed by atoms with Gasteiger partial charge in [-0.05, 0) is 19.9 Å². The van der Waals surface area contributed by atoms with E-state index < -0.39 is 0 Å². The number of piperidine rings is 1. The Labute approximate surface area is 99.1 Å². The van der Waals surface area contributed by atoms with Crippen molar-refractivity contribution in [3.8, 4) is 0 Å². The van der Waals surface area contributed by atoms with Crippen LogP contribution in [0.5, 0.6) is 0 Å². The van der Waals surface area contributed by atoms with Crippen molar-refractivity contribution in [2.45, 2.75) is 59.4 Å². The predicted octanol–water partition coefficient (Wildman–Crippen LogP) is 1.30. The highest BCUT2D eigenvalue weighted by Crippen LogP contribution is 2.17. The normalized spacial score (nSPS) is 31.4. The number of carbonyl (C=O) groups excluding carboxylic acids is 1. The average molecular weight is 230 g/mol. The van der Waals surface area contributed by atoms with Crippen LogP contribution in [0.25, 0.3) is 0 Å². The topological polar surface area (TPSA) is 50.4 Å². The number of ketones is 1. The molecule has 0 spiro atoms. The first kappa shape index (κ1) is 15.6. The number of carbonyl (C=O) groups is 1. The molecular weight excluding hydrogens is 204 g/mol. The Hall–Kier alpha value is -0.450. The lowest BCUT2D eigenvalue weighted by atomic mass is 10.1. The second-order valence-corrected chi connectivity index (χ2v) is 3.43. The molecule has 16 heavy (non-hydrogen) atoms. The van der Waals surface area contributed by atoms with Gasteiger partial charge < -0.3 is 10.1 Å². The third-order valence-corrected chi connectivity index (χ3v) is 2.47. The van der Waals surface area contributed by atoms with Gasteiger partial charge in [0.05, 0.1) is 6.10 Å². The van der Waals surface area contributed by atoms with Gasteiger partial charge in [-0.2, -0.15) is 0 Å². The number of fused-ring (bicyclic) bond motifs is 1. The lowest BCUT2D eigenvalue weighted by molar-refractivity contribution is -0.128. The Balaban J connectivity index is 0.000000509. The summed E-state index contributed by atoms with van der Waals surface area (Å²) in [6, 6.07) is 0.375. The summed E-state index contributed by atoms with van der Waals surface area (Å²) in [5.41, 5.74) is 0. The summed E-state index contributed by atoms with van der Waals surface area (Å²) in [6.45, 7) is 11.4. The van der Waals surface area contributed by atoms with Crippen molar-refractivity contribution >= 4 is 5.78 Å². The fourth-order valence-corrected chi connectivity index (χ4v) is 1.79. The maximum atomic E-state index is 11.0. The van der Waals surface area contributed by atoms with Crippen LogP contribution in [0.1, 0.15) is 41.0 Å². The van der Waals surface area contributed by atoms with Crippen molar-refractivity contribution in [2.24, 2.45) is 0 Å². The molecule has 3 unspecified atom stereocenters. The second-order valence-electron chi connectivity index (χ2n) is 3.43.